The van der Waals surface area contributed by atoms with Gasteiger partial charge in [-0.1, -0.05) is 36.7 Å². The zero-order valence-corrected chi connectivity index (χ0v) is 17.0. The Labute approximate surface area is 170 Å². The molecule has 0 atom stereocenters. The van der Waals surface area contributed by atoms with Gasteiger partial charge < -0.3 is 10.2 Å². The second kappa shape index (κ2) is 9.20. The van der Waals surface area contributed by atoms with Crippen molar-refractivity contribution in [1.29, 1.82) is 0 Å². The van der Waals surface area contributed by atoms with Crippen LogP contribution in [0, 0.1) is 0 Å². The highest BCUT2D eigenvalue weighted by Gasteiger charge is 2.18. The number of hydrogen-bond donors (Lipinski definition) is 2. The highest BCUT2D eigenvalue weighted by Crippen LogP contribution is 2.35. The van der Waals surface area contributed by atoms with E-state index in [0.29, 0.717) is 10.6 Å². The summed E-state index contributed by atoms with van der Waals surface area (Å²) < 4.78 is 0. The van der Waals surface area contributed by atoms with Gasteiger partial charge in [-0.25, -0.2) is 0 Å². The first-order valence-electron chi connectivity index (χ1n) is 9.33. The molecule has 1 aliphatic rings. The number of piperidine rings is 1. The molecule has 142 valence electrons. The van der Waals surface area contributed by atoms with Gasteiger partial charge in [-0.05, 0) is 67.7 Å². The molecule has 2 N–H and O–H groups in total. The molecule has 6 heteroatoms. The predicted octanol–water partition coefficient (Wildman–Crippen LogP) is 5.02. The minimum absolute atomic E-state index is 0.225. The smallest absolute Gasteiger partial charge is 0.257 e. The average Bonchev–Trinajstić information content (AvgIpc) is 2.68. The largest absolute Gasteiger partial charge is 0.369 e. The summed E-state index contributed by atoms with van der Waals surface area (Å²) in [6.45, 7) is 4.03. The van der Waals surface area contributed by atoms with E-state index in [1.165, 1.54) is 12.0 Å². The second-order valence-electron chi connectivity index (χ2n) is 6.64. The van der Waals surface area contributed by atoms with Gasteiger partial charge in [0.2, 0.25) is 0 Å². The Hall–Kier alpha value is -2.11. The number of rotatable bonds is 4. The topological polar surface area (TPSA) is 44.4 Å². The minimum Gasteiger partial charge on any atom is -0.369 e. The summed E-state index contributed by atoms with van der Waals surface area (Å²) in [5, 5.41) is 6.85. The molecule has 4 nitrogen and oxygen atoms in total. The van der Waals surface area contributed by atoms with Crippen LogP contribution in [0.5, 0.6) is 0 Å². The van der Waals surface area contributed by atoms with Gasteiger partial charge in [0, 0.05) is 18.7 Å². The van der Waals surface area contributed by atoms with Crippen LogP contribution in [0.15, 0.2) is 42.5 Å². The maximum Gasteiger partial charge on any atom is 0.257 e. The predicted molar refractivity (Wildman–Crippen MR) is 117 cm³/mol. The number of halogens is 1. The Morgan fingerprint density at radius 3 is 2.48 bits per heavy atom. The molecule has 0 aliphatic carbocycles. The molecule has 0 radical (unpaired) electrons. The van der Waals surface area contributed by atoms with Crippen LogP contribution in [-0.4, -0.2) is 24.1 Å². The molecule has 0 unspecified atom stereocenters. The number of anilines is 2. The summed E-state index contributed by atoms with van der Waals surface area (Å²) in [4.78, 5) is 14.7. The fourth-order valence-corrected chi connectivity index (χ4v) is 3.77. The molecule has 2 aromatic rings. The van der Waals surface area contributed by atoms with Gasteiger partial charge in [0.15, 0.2) is 5.11 Å². The third-order valence-corrected chi connectivity index (χ3v) is 5.27. The van der Waals surface area contributed by atoms with Gasteiger partial charge in [-0.15, -0.1) is 0 Å². The number of thiocarbonyl (C=S) groups is 1. The maximum atomic E-state index is 12.4. The molecule has 1 saturated heterocycles. The highest BCUT2D eigenvalue weighted by molar-refractivity contribution is 7.80. The summed E-state index contributed by atoms with van der Waals surface area (Å²) in [6.07, 6.45) is 4.49. The van der Waals surface area contributed by atoms with Crippen molar-refractivity contribution in [3.05, 3.63) is 58.6 Å². The lowest BCUT2D eigenvalue weighted by Gasteiger charge is -2.31. The molecule has 1 aliphatic heterocycles. The van der Waals surface area contributed by atoms with Crippen LogP contribution < -0.4 is 15.5 Å². The van der Waals surface area contributed by atoms with E-state index in [-0.39, 0.29) is 11.0 Å². The van der Waals surface area contributed by atoms with E-state index < -0.39 is 0 Å². The summed E-state index contributed by atoms with van der Waals surface area (Å²) in [7, 11) is 0. The van der Waals surface area contributed by atoms with Crippen LogP contribution in [0.1, 0.15) is 42.1 Å². The Kier molecular flexibility index (Phi) is 6.69. The van der Waals surface area contributed by atoms with Crippen molar-refractivity contribution in [2.75, 3.05) is 23.3 Å². The van der Waals surface area contributed by atoms with E-state index in [0.717, 1.165) is 43.7 Å². The van der Waals surface area contributed by atoms with Crippen LogP contribution in [0.3, 0.4) is 0 Å². The Bertz CT molecular complexity index is 817. The number of nitrogens with zero attached hydrogens (tertiary/aromatic N) is 1. The van der Waals surface area contributed by atoms with Crippen molar-refractivity contribution in [2.24, 2.45) is 0 Å². The van der Waals surface area contributed by atoms with Gasteiger partial charge in [0.25, 0.3) is 5.91 Å². The van der Waals surface area contributed by atoms with Crippen LogP contribution in [0.25, 0.3) is 0 Å². The van der Waals surface area contributed by atoms with Crippen molar-refractivity contribution < 1.29 is 4.79 Å². The number of hydrogen-bond acceptors (Lipinski definition) is 3. The lowest BCUT2D eigenvalue weighted by molar-refractivity contribution is 0.0977. The Morgan fingerprint density at radius 2 is 1.81 bits per heavy atom. The molecule has 27 heavy (non-hydrogen) atoms. The molecular weight excluding hydrogens is 378 g/mol. The van der Waals surface area contributed by atoms with E-state index in [1.807, 2.05) is 42.5 Å². The van der Waals surface area contributed by atoms with Crippen molar-refractivity contribution in [3.8, 4) is 0 Å². The first-order chi connectivity index (χ1) is 13.1. The molecule has 0 saturated carbocycles. The number of carbonyl (C=O) groups is 1. The quantitative estimate of drug-likeness (QED) is 0.706. The standard InChI is InChI=1S/C21H24ClN3OS/c1-2-15-9-11-16(12-10-15)20(26)24-21(27)23-18-8-6-7-17(22)19(18)25-13-4-3-5-14-25/h6-12H,2-5,13-14H2,1H3,(H2,23,24,26,27). The van der Waals surface area contributed by atoms with Gasteiger partial charge in [-0.3, -0.25) is 10.1 Å². The monoisotopic (exact) mass is 401 g/mol. The number of benzene rings is 2. The fourth-order valence-electron chi connectivity index (χ4n) is 3.28. The van der Waals surface area contributed by atoms with Crippen molar-refractivity contribution in [2.45, 2.75) is 32.6 Å². The average molecular weight is 402 g/mol. The zero-order valence-electron chi connectivity index (χ0n) is 15.4. The van der Waals surface area contributed by atoms with Crippen LogP contribution in [-0.2, 0) is 6.42 Å². The summed E-state index contributed by atoms with van der Waals surface area (Å²) in [5.41, 5.74) is 3.54. The Balaban J connectivity index is 1.70. The normalized spacial score (nSPS) is 13.9. The number of amides is 1. The van der Waals surface area contributed by atoms with Crippen LogP contribution in [0.4, 0.5) is 11.4 Å². The molecule has 1 heterocycles. The number of aryl methyl sites for hydroxylation is 1. The van der Waals surface area contributed by atoms with E-state index >= 15 is 0 Å². The second-order valence-corrected chi connectivity index (χ2v) is 7.46. The molecule has 1 fully saturated rings. The van der Waals surface area contributed by atoms with Crippen molar-refractivity contribution in [3.63, 3.8) is 0 Å². The molecule has 3 rings (SSSR count). The summed E-state index contributed by atoms with van der Waals surface area (Å²) >= 11 is 11.8. The molecule has 1 amide bonds. The van der Waals surface area contributed by atoms with Gasteiger partial charge in [0.1, 0.15) is 0 Å². The third kappa shape index (κ3) is 4.99. The van der Waals surface area contributed by atoms with Crippen molar-refractivity contribution in [1.82, 2.24) is 5.32 Å². The van der Waals surface area contributed by atoms with Gasteiger partial charge in [0.05, 0.1) is 16.4 Å². The molecule has 0 spiro atoms. The third-order valence-electron chi connectivity index (χ3n) is 4.76. The lowest BCUT2D eigenvalue weighted by atomic mass is 10.1. The summed E-state index contributed by atoms with van der Waals surface area (Å²) in [6, 6.07) is 13.2. The maximum absolute atomic E-state index is 12.4. The fraction of sp³-hybridized carbons (Fsp3) is 0.333. The number of para-hydroxylation sites is 1. The molecule has 0 bridgehead atoms. The molecule has 2 aromatic carbocycles. The van der Waals surface area contributed by atoms with Crippen molar-refractivity contribution >= 4 is 46.2 Å². The van der Waals surface area contributed by atoms with E-state index in [9.17, 15) is 4.79 Å². The van der Waals surface area contributed by atoms with Gasteiger partial charge in [-0.2, -0.15) is 0 Å². The van der Waals surface area contributed by atoms with Gasteiger partial charge >= 0.3 is 0 Å². The molecule has 0 aromatic heterocycles. The SMILES string of the molecule is CCc1ccc(C(=O)NC(=S)Nc2cccc(Cl)c2N2CCCCC2)cc1. The lowest BCUT2D eigenvalue weighted by Crippen LogP contribution is -2.35. The highest BCUT2D eigenvalue weighted by atomic mass is 35.5. The molecular formula is C21H24ClN3OS. The summed E-state index contributed by atoms with van der Waals surface area (Å²) in [5.74, 6) is -0.225. The zero-order chi connectivity index (χ0) is 19.2. The van der Waals surface area contributed by atoms with Crippen LogP contribution >= 0.6 is 23.8 Å². The van der Waals surface area contributed by atoms with E-state index in [1.54, 1.807) is 0 Å². The number of nitrogens with one attached hydrogen (secondary N) is 2. The van der Waals surface area contributed by atoms with E-state index in [4.69, 9.17) is 23.8 Å². The minimum atomic E-state index is -0.225. The van der Waals surface area contributed by atoms with Crippen LogP contribution in [0.2, 0.25) is 5.02 Å². The Morgan fingerprint density at radius 1 is 1.11 bits per heavy atom. The van der Waals surface area contributed by atoms with E-state index in [2.05, 4.69) is 22.5 Å². The number of carbonyl (C=O) groups excluding carboxylic acids is 1. The first kappa shape index (κ1) is 19.6. The first-order valence-corrected chi connectivity index (χ1v) is 10.1.